The molecule has 0 heterocycles. The number of fused-ring (bicyclic) bond motifs is 1. The van der Waals surface area contributed by atoms with Crippen molar-refractivity contribution in [2.75, 3.05) is 14.2 Å². The van der Waals surface area contributed by atoms with E-state index in [2.05, 4.69) is 9.47 Å². The van der Waals surface area contributed by atoms with Gasteiger partial charge in [-0.2, -0.15) is 0 Å². The molecule has 3 atom stereocenters. The molecular formula is C17H17ClNO7-. The molecule has 9 heteroatoms. The molecule has 0 aliphatic heterocycles. The average molecular weight is 383 g/mol. The molecule has 1 aromatic carbocycles. The van der Waals surface area contributed by atoms with Crippen LogP contribution in [0.4, 0.5) is 0 Å². The third kappa shape index (κ3) is 3.12. The molecule has 8 nitrogen and oxygen atoms in total. The molecule has 140 valence electrons. The van der Waals surface area contributed by atoms with E-state index < -0.39 is 45.4 Å². The van der Waals surface area contributed by atoms with Crippen LogP contribution in [0.2, 0.25) is 0 Å². The first kappa shape index (κ1) is 20.1. The number of hydrogen-bond acceptors (Lipinski definition) is 8. The van der Waals surface area contributed by atoms with E-state index in [1.54, 1.807) is 24.3 Å². The van der Waals surface area contributed by atoms with E-state index in [0.717, 1.165) is 14.2 Å². The van der Waals surface area contributed by atoms with Gasteiger partial charge in [-0.3, -0.25) is 10.0 Å². The first-order valence-electron chi connectivity index (χ1n) is 7.56. The van der Waals surface area contributed by atoms with Crippen LogP contribution in [0.3, 0.4) is 0 Å². The molecule has 0 aromatic heterocycles. The Kier molecular flexibility index (Phi) is 5.82. The van der Waals surface area contributed by atoms with Gasteiger partial charge in [0.25, 0.3) is 0 Å². The van der Waals surface area contributed by atoms with Crippen molar-refractivity contribution in [1.29, 1.82) is 0 Å². The van der Waals surface area contributed by atoms with Crippen LogP contribution in [-0.4, -0.2) is 53.3 Å². The minimum Gasteiger partial charge on any atom is -0.762 e. The van der Waals surface area contributed by atoms with E-state index in [1.165, 1.54) is 13.0 Å². The van der Waals surface area contributed by atoms with Crippen LogP contribution in [0.1, 0.15) is 24.0 Å². The van der Waals surface area contributed by atoms with Gasteiger partial charge in [0.2, 0.25) is 10.7 Å². The maximum Gasteiger partial charge on any atom is 0.341 e. The molecule has 0 spiro atoms. The van der Waals surface area contributed by atoms with Gasteiger partial charge in [0, 0.05) is 12.0 Å². The highest BCUT2D eigenvalue weighted by Gasteiger charge is 2.57. The van der Waals surface area contributed by atoms with Crippen molar-refractivity contribution in [3.63, 3.8) is 0 Å². The number of ether oxygens (including phenoxy) is 2. The minimum absolute atomic E-state index is 0.322. The molecule has 0 saturated heterocycles. The van der Waals surface area contributed by atoms with Crippen molar-refractivity contribution in [2.45, 2.75) is 23.8 Å². The summed E-state index contributed by atoms with van der Waals surface area (Å²) in [5.74, 6) is -4.53. The monoisotopic (exact) mass is 382 g/mol. The highest BCUT2D eigenvalue weighted by Crippen LogP contribution is 2.45. The fourth-order valence-electron chi connectivity index (χ4n) is 3.05. The summed E-state index contributed by atoms with van der Waals surface area (Å²) in [4.78, 5) is 35.2. The topological polar surface area (TPSA) is 116 Å². The fourth-order valence-corrected chi connectivity index (χ4v) is 3.53. The number of Topliss-reactive ketones (excluding diaryl/α,β-unsaturated/α-hetero) is 1. The Hall–Kier alpha value is -2.26. The molecule has 1 aliphatic rings. The molecule has 0 radical (unpaired) electrons. The Balaban J connectivity index is 2.86. The van der Waals surface area contributed by atoms with Crippen molar-refractivity contribution in [2.24, 2.45) is 0 Å². The second-order valence-corrected chi connectivity index (χ2v) is 6.33. The Morgan fingerprint density at radius 1 is 1.31 bits per heavy atom. The van der Waals surface area contributed by atoms with E-state index in [0.29, 0.717) is 11.1 Å². The summed E-state index contributed by atoms with van der Waals surface area (Å²) in [7, 11) is 2.10. The van der Waals surface area contributed by atoms with E-state index in [9.17, 15) is 24.8 Å². The number of hydroxylamine groups is 2. The lowest BCUT2D eigenvalue weighted by Gasteiger charge is -2.40. The highest BCUT2D eigenvalue weighted by molar-refractivity contribution is 6.51. The summed E-state index contributed by atoms with van der Waals surface area (Å²) >= 11 is 6.46. The second kappa shape index (κ2) is 7.55. The highest BCUT2D eigenvalue weighted by atomic mass is 35.5. The molecule has 0 amide bonds. The van der Waals surface area contributed by atoms with Crippen LogP contribution < -0.4 is 0 Å². The predicted molar refractivity (Wildman–Crippen MR) is 91.2 cm³/mol. The number of alkyl halides is 1. The molecule has 2 rings (SSSR count). The first-order valence-corrected chi connectivity index (χ1v) is 7.94. The lowest BCUT2D eigenvalue weighted by molar-refractivity contribution is -0.150. The number of rotatable bonds is 4. The van der Waals surface area contributed by atoms with E-state index >= 15 is 0 Å². The van der Waals surface area contributed by atoms with Crippen molar-refractivity contribution < 1.29 is 29.1 Å². The predicted octanol–water partition coefficient (Wildman–Crippen LogP) is 1.64. The fraction of sp³-hybridized carbons (Fsp3) is 0.353. The van der Waals surface area contributed by atoms with Gasteiger partial charge in [0.15, 0.2) is 0 Å². The number of carbonyl (C=O) groups is 3. The van der Waals surface area contributed by atoms with Crippen LogP contribution in [0.25, 0.3) is 6.08 Å². The van der Waals surface area contributed by atoms with Gasteiger partial charge in [-0.05, 0) is 24.1 Å². The second-order valence-electron chi connectivity index (χ2n) is 5.73. The van der Waals surface area contributed by atoms with E-state index in [4.69, 9.17) is 11.6 Å². The molecule has 26 heavy (non-hydrogen) atoms. The molecule has 0 saturated carbocycles. The van der Waals surface area contributed by atoms with Crippen LogP contribution >= 0.6 is 11.6 Å². The molecular weight excluding hydrogens is 366 g/mol. The molecule has 0 bridgehead atoms. The van der Waals surface area contributed by atoms with Crippen LogP contribution in [0.15, 0.2) is 29.8 Å². The summed E-state index contributed by atoms with van der Waals surface area (Å²) in [6.07, 6.45) is 1.24. The van der Waals surface area contributed by atoms with E-state index in [-0.39, 0.29) is 0 Å². The SMILES string of the molecule is COC(=O)C1=Cc2ccccc2[C@H]([C@H](C)N([O-])O)[C@@](Cl)(C(=O)OC)C1=O. The molecule has 1 N–H and O–H groups in total. The van der Waals surface area contributed by atoms with Crippen LogP contribution in [-0.2, 0) is 23.9 Å². The van der Waals surface area contributed by atoms with Crippen molar-refractivity contribution in [3.8, 4) is 0 Å². The Bertz CT molecular complexity index is 776. The number of esters is 2. The Labute approximate surface area is 154 Å². The van der Waals surface area contributed by atoms with Crippen molar-refractivity contribution >= 4 is 35.4 Å². The number of ketones is 1. The third-order valence-corrected chi connectivity index (χ3v) is 4.91. The number of halogens is 1. The quantitative estimate of drug-likeness (QED) is 0.274. The summed E-state index contributed by atoms with van der Waals surface area (Å²) in [6, 6.07) is 5.08. The maximum atomic E-state index is 13.1. The maximum absolute atomic E-state index is 13.1. The van der Waals surface area contributed by atoms with E-state index in [1.807, 2.05) is 0 Å². The summed E-state index contributed by atoms with van der Waals surface area (Å²) in [5, 5.41) is 20.6. The number of methoxy groups -OCH3 is 2. The van der Waals surface area contributed by atoms with Gasteiger partial charge in [-0.1, -0.05) is 35.9 Å². The standard InChI is InChI=1S/C17H17ClNO7/c1-9(19(23)24)13-11-7-5-4-6-10(11)8-12(15(21)25-2)14(20)17(13,18)16(22)26-3/h4-9,13,23H,1-3H3/q-1/t9-,13-,17-/m0/s1. The summed E-state index contributed by atoms with van der Waals surface area (Å²) < 4.78 is 9.30. The Morgan fingerprint density at radius 3 is 2.46 bits per heavy atom. The van der Waals surface area contributed by atoms with Crippen LogP contribution in [0, 0.1) is 5.21 Å². The van der Waals surface area contributed by atoms with Crippen molar-refractivity contribution in [3.05, 3.63) is 46.2 Å². The van der Waals surface area contributed by atoms with Gasteiger partial charge in [-0.15, -0.1) is 0 Å². The zero-order valence-electron chi connectivity index (χ0n) is 14.3. The zero-order chi connectivity index (χ0) is 19.6. The number of hydrogen-bond donors (Lipinski definition) is 1. The third-order valence-electron chi connectivity index (χ3n) is 4.35. The first-order chi connectivity index (χ1) is 12.2. The number of nitrogens with zero attached hydrogens (tertiary/aromatic N) is 1. The molecule has 0 unspecified atom stereocenters. The molecule has 1 aromatic rings. The molecule has 0 fully saturated rings. The molecule has 1 aliphatic carbocycles. The van der Waals surface area contributed by atoms with Gasteiger partial charge < -0.3 is 19.9 Å². The van der Waals surface area contributed by atoms with Crippen molar-refractivity contribution in [1.82, 2.24) is 5.23 Å². The summed E-state index contributed by atoms with van der Waals surface area (Å²) in [5.41, 5.74) is 0.236. The van der Waals surface area contributed by atoms with Crippen LogP contribution in [0.5, 0.6) is 0 Å². The van der Waals surface area contributed by atoms with Gasteiger partial charge in [0.1, 0.15) is 5.57 Å². The Morgan fingerprint density at radius 2 is 1.92 bits per heavy atom. The lowest BCUT2D eigenvalue weighted by Crippen LogP contribution is -2.53. The number of carbonyl (C=O) groups excluding carboxylic acids is 3. The van der Waals surface area contributed by atoms with Gasteiger partial charge in [-0.25, -0.2) is 9.59 Å². The van der Waals surface area contributed by atoms with Gasteiger partial charge >= 0.3 is 11.9 Å². The van der Waals surface area contributed by atoms with Gasteiger partial charge in [0.05, 0.1) is 14.2 Å². The largest absolute Gasteiger partial charge is 0.762 e. The smallest absolute Gasteiger partial charge is 0.341 e. The average Bonchev–Trinajstić information content (AvgIpc) is 2.73. The summed E-state index contributed by atoms with van der Waals surface area (Å²) in [6.45, 7) is 1.30. The lowest BCUT2D eigenvalue weighted by atomic mass is 9.77. The number of benzene rings is 1. The normalized spacial score (nSPS) is 23.6. The zero-order valence-corrected chi connectivity index (χ0v) is 15.0. The minimum atomic E-state index is -2.45.